The zero-order valence-corrected chi connectivity index (χ0v) is 11.7. The Morgan fingerprint density at radius 3 is 2.00 bits per heavy atom. The lowest BCUT2D eigenvalue weighted by molar-refractivity contribution is -0.169. The van der Waals surface area contributed by atoms with Crippen LogP contribution in [0.5, 0.6) is 0 Å². The summed E-state index contributed by atoms with van der Waals surface area (Å²) < 4.78 is 26.9. The third-order valence-corrected chi connectivity index (χ3v) is 2.96. The molecule has 0 radical (unpaired) electrons. The fourth-order valence-electron chi connectivity index (χ4n) is 1.01. The van der Waals surface area contributed by atoms with Crippen LogP contribution >= 0.6 is 0 Å². The summed E-state index contributed by atoms with van der Waals surface area (Å²) in [6.45, 7) is 4.68. The number of nitrogens with two attached hydrogens (primary N) is 1. The highest BCUT2D eigenvalue weighted by Gasteiger charge is 2.45. The van der Waals surface area contributed by atoms with Crippen LogP contribution in [0, 0.1) is 0 Å². The molecule has 8 heteroatoms. The number of aliphatic carboxylic acids is 1. The lowest BCUT2D eigenvalue weighted by atomic mass is 9.97. The average molecular weight is 281 g/mol. The Labute approximate surface area is 106 Å². The van der Waals surface area contributed by atoms with Gasteiger partial charge in [0, 0.05) is 12.7 Å². The van der Waals surface area contributed by atoms with Crippen molar-refractivity contribution >= 4 is 21.8 Å². The summed E-state index contributed by atoms with van der Waals surface area (Å²) in [5, 5.41) is 8.98. The second kappa shape index (κ2) is 5.23. The quantitative estimate of drug-likeness (QED) is 0.516. The Bertz CT molecular complexity index is 436. The van der Waals surface area contributed by atoms with E-state index in [1.54, 1.807) is 20.8 Å². The summed E-state index contributed by atoms with van der Waals surface area (Å²) >= 11 is 0. The van der Waals surface area contributed by atoms with Crippen LogP contribution in [0.3, 0.4) is 0 Å². The molecule has 0 aromatic heterocycles. The van der Waals surface area contributed by atoms with E-state index in [1.165, 1.54) is 0 Å². The van der Waals surface area contributed by atoms with Crippen LogP contribution in [-0.2, 0) is 24.2 Å². The Morgan fingerprint density at radius 2 is 1.72 bits per heavy atom. The molecule has 0 bridgehead atoms. The summed E-state index contributed by atoms with van der Waals surface area (Å²) in [4.78, 5) is 22.8. The van der Waals surface area contributed by atoms with E-state index in [1.807, 2.05) is 0 Å². The predicted molar refractivity (Wildman–Crippen MR) is 64.7 cm³/mol. The van der Waals surface area contributed by atoms with Crippen molar-refractivity contribution < 1.29 is 27.9 Å². The van der Waals surface area contributed by atoms with Gasteiger partial charge in [-0.3, -0.25) is 0 Å². The van der Waals surface area contributed by atoms with E-state index in [2.05, 4.69) is 0 Å². The fraction of sp³-hybridized carbons (Fsp3) is 0.800. The molecule has 0 aliphatic carbocycles. The van der Waals surface area contributed by atoms with Gasteiger partial charge in [0.15, 0.2) is 0 Å². The molecule has 0 heterocycles. The lowest BCUT2D eigenvalue weighted by Gasteiger charge is -2.27. The second-order valence-corrected chi connectivity index (χ2v) is 7.42. The van der Waals surface area contributed by atoms with E-state index in [4.69, 9.17) is 15.6 Å². The number of carbonyl (C=O) groups is 2. The van der Waals surface area contributed by atoms with Crippen molar-refractivity contribution in [1.29, 1.82) is 0 Å². The summed E-state index contributed by atoms with van der Waals surface area (Å²) in [5.74, 6) is -3.26. The molecule has 0 aromatic carbocycles. The molecule has 0 aliphatic heterocycles. The maximum atomic E-state index is 11.7. The molecule has 0 aromatic rings. The SMILES string of the molecule is CC(C)(C)OC(=O)[C@](N)(CCS(C)(=O)=O)C(=O)O. The van der Waals surface area contributed by atoms with E-state index >= 15 is 0 Å². The molecule has 7 nitrogen and oxygen atoms in total. The van der Waals surface area contributed by atoms with Gasteiger partial charge in [0.25, 0.3) is 0 Å². The Morgan fingerprint density at radius 1 is 1.28 bits per heavy atom. The van der Waals surface area contributed by atoms with Gasteiger partial charge in [0.05, 0.1) is 5.75 Å². The summed E-state index contributed by atoms with van der Waals surface area (Å²) in [7, 11) is -3.42. The molecule has 0 unspecified atom stereocenters. The van der Waals surface area contributed by atoms with Crippen LogP contribution in [0.15, 0.2) is 0 Å². The van der Waals surface area contributed by atoms with Crippen molar-refractivity contribution in [1.82, 2.24) is 0 Å². The van der Waals surface area contributed by atoms with E-state index in [-0.39, 0.29) is 0 Å². The van der Waals surface area contributed by atoms with Crippen molar-refractivity contribution in [2.45, 2.75) is 38.3 Å². The molecule has 1 atom stereocenters. The number of hydrogen-bond donors (Lipinski definition) is 2. The first-order valence-corrected chi connectivity index (χ1v) is 7.27. The smallest absolute Gasteiger partial charge is 0.338 e. The minimum absolute atomic E-state index is 0.505. The van der Waals surface area contributed by atoms with Crippen LogP contribution in [0.4, 0.5) is 0 Å². The number of ether oxygens (including phenoxy) is 1. The molecule has 18 heavy (non-hydrogen) atoms. The van der Waals surface area contributed by atoms with Crippen molar-refractivity contribution in [3.05, 3.63) is 0 Å². The first kappa shape index (κ1) is 16.9. The molecule has 0 spiro atoms. The number of carboxylic acids is 1. The monoisotopic (exact) mass is 281 g/mol. The van der Waals surface area contributed by atoms with Gasteiger partial charge in [-0.25, -0.2) is 18.0 Å². The number of rotatable bonds is 5. The second-order valence-electron chi connectivity index (χ2n) is 5.16. The van der Waals surface area contributed by atoms with Crippen molar-refractivity contribution in [3.8, 4) is 0 Å². The summed E-state index contributed by atoms with van der Waals surface area (Å²) in [6, 6.07) is 0. The lowest BCUT2D eigenvalue weighted by Crippen LogP contribution is -2.58. The maximum Gasteiger partial charge on any atom is 0.338 e. The predicted octanol–water partition coefficient (Wildman–Crippen LogP) is -0.455. The van der Waals surface area contributed by atoms with Crippen LogP contribution in [-0.4, -0.2) is 48.6 Å². The highest BCUT2D eigenvalue weighted by molar-refractivity contribution is 7.90. The van der Waals surface area contributed by atoms with E-state index in [9.17, 15) is 18.0 Å². The van der Waals surface area contributed by atoms with Crippen molar-refractivity contribution in [2.24, 2.45) is 5.73 Å². The standard InChI is InChI=1S/C10H19NO6S/c1-9(2,3)17-8(14)10(11,7(12)13)5-6-18(4,15)16/h5-6,11H2,1-4H3,(H,12,13)/t10-/m0/s1. The Hall–Kier alpha value is -1.15. The Balaban J connectivity index is 5.05. The van der Waals surface area contributed by atoms with Crippen LogP contribution < -0.4 is 5.73 Å². The molecule has 0 saturated carbocycles. The zero-order chi connectivity index (χ0) is 14.8. The van der Waals surface area contributed by atoms with E-state index in [0.717, 1.165) is 6.26 Å². The fourth-order valence-corrected chi connectivity index (χ4v) is 1.70. The van der Waals surface area contributed by atoms with Gasteiger partial charge in [-0.1, -0.05) is 0 Å². The van der Waals surface area contributed by atoms with Gasteiger partial charge in [-0.05, 0) is 20.8 Å². The van der Waals surface area contributed by atoms with Crippen molar-refractivity contribution in [3.63, 3.8) is 0 Å². The molecule has 0 amide bonds. The molecule has 0 rings (SSSR count). The van der Waals surface area contributed by atoms with E-state index < -0.39 is 45.1 Å². The van der Waals surface area contributed by atoms with E-state index in [0.29, 0.717) is 0 Å². The maximum absolute atomic E-state index is 11.7. The number of sulfone groups is 1. The molecule has 0 fully saturated rings. The van der Waals surface area contributed by atoms with Crippen LogP contribution in [0.2, 0.25) is 0 Å². The number of esters is 1. The van der Waals surface area contributed by atoms with Gasteiger partial charge in [0.2, 0.25) is 5.54 Å². The summed E-state index contributed by atoms with van der Waals surface area (Å²) in [6.07, 6.45) is 0.403. The topological polar surface area (TPSA) is 124 Å². The first-order valence-electron chi connectivity index (χ1n) is 5.21. The number of hydrogen-bond acceptors (Lipinski definition) is 6. The summed E-state index contributed by atoms with van der Waals surface area (Å²) in [5.41, 5.74) is 2.21. The zero-order valence-electron chi connectivity index (χ0n) is 10.9. The van der Waals surface area contributed by atoms with Gasteiger partial charge < -0.3 is 15.6 Å². The molecule has 0 saturated heterocycles. The highest BCUT2D eigenvalue weighted by atomic mass is 32.2. The molecule has 0 aliphatic rings. The number of carbonyl (C=O) groups excluding carboxylic acids is 1. The normalized spacial score (nSPS) is 15.8. The molecular weight excluding hydrogens is 262 g/mol. The van der Waals surface area contributed by atoms with Crippen LogP contribution in [0.1, 0.15) is 27.2 Å². The number of carboxylic acid groups (broad SMARTS) is 1. The molecule has 3 N–H and O–H groups in total. The largest absolute Gasteiger partial charge is 0.479 e. The minimum Gasteiger partial charge on any atom is -0.479 e. The van der Waals surface area contributed by atoms with Gasteiger partial charge in [-0.15, -0.1) is 0 Å². The average Bonchev–Trinajstić information content (AvgIpc) is 2.09. The van der Waals surface area contributed by atoms with Gasteiger partial charge >= 0.3 is 11.9 Å². The van der Waals surface area contributed by atoms with Gasteiger partial charge in [-0.2, -0.15) is 0 Å². The van der Waals surface area contributed by atoms with Crippen molar-refractivity contribution in [2.75, 3.05) is 12.0 Å². The Kier molecular flexibility index (Phi) is 4.90. The third-order valence-electron chi connectivity index (χ3n) is 2.01. The van der Waals surface area contributed by atoms with Crippen LogP contribution in [0.25, 0.3) is 0 Å². The first-order chi connectivity index (χ1) is 7.78. The molecule has 106 valence electrons. The van der Waals surface area contributed by atoms with Gasteiger partial charge in [0.1, 0.15) is 15.4 Å². The minimum atomic E-state index is -3.42. The third kappa shape index (κ3) is 5.46. The molecular formula is C10H19NO6S. The highest BCUT2D eigenvalue weighted by Crippen LogP contribution is 2.17.